The lowest BCUT2D eigenvalue weighted by atomic mass is 10.1. The molecule has 0 saturated carbocycles. The summed E-state index contributed by atoms with van der Waals surface area (Å²) < 4.78 is 45.0. The van der Waals surface area contributed by atoms with Crippen molar-refractivity contribution < 1.29 is 37.1 Å². The number of phenolic OH excluding ortho intramolecular Hbond substituents is 1. The normalized spacial score (nSPS) is 21.2. The third-order valence-electron chi connectivity index (χ3n) is 9.13. The van der Waals surface area contributed by atoms with Crippen LogP contribution < -0.4 is 30.5 Å². The number of fused-ring (bicyclic) bond motifs is 2. The Hall–Kier alpha value is -5.07. The van der Waals surface area contributed by atoms with E-state index in [1.807, 2.05) is 18.2 Å². The average molecular weight is 696 g/mol. The molecule has 2 atom stereocenters. The fraction of sp³-hybridized carbons (Fsp3) is 0.300. The van der Waals surface area contributed by atoms with Gasteiger partial charge in [-0.15, -0.1) is 0 Å². The van der Waals surface area contributed by atoms with E-state index in [0.717, 1.165) is 17.4 Å². The second-order valence-corrected chi connectivity index (χ2v) is 16.8. The Balaban J connectivity index is 1.03. The first-order valence-corrected chi connectivity index (χ1v) is 18.8. The highest BCUT2D eigenvalue weighted by Crippen LogP contribution is 2.39. The van der Waals surface area contributed by atoms with E-state index >= 15 is 4.39 Å². The zero-order chi connectivity index (χ0) is 34.1. The van der Waals surface area contributed by atoms with Crippen molar-refractivity contribution in [2.75, 3.05) is 35.4 Å². The lowest BCUT2D eigenvalue weighted by molar-refractivity contribution is -0.135. The summed E-state index contributed by atoms with van der Waals surface area (Å²) in [5.74, 6) is -3.69. The number of hydrogen-bond acceptors (Lipinski definition) is 9. The summed E-state index contributed by atoms with van der Waals surface area (Å²) in [6, 6.07) is 11.4. The maximum atomic E-state index is 15.4. The van der Waals surface area contributed by atoms with Gasteiger partial charge in [0.15, 0.2) is 5.82 Å². The third-order valence-corrected chi connectivity index (χ3v) is 13.7. The zero-order valence-corrected chi connectivity index (χ0v) is 27.5. The van der Waals surface area contributed by atoms with E-state index in [4.69, 9.17) is 0 Å². The number of rotatable bonds is 6. The Bertz CT molecular complexity index is 2250. The summed E-state index contributed by atoms with van der Waals surface area (Å²) >= 11 is 0. The lowest BCUT2D eigenvalue weighted by Crippen LogP contribution is -2.44. The SMILES string of the molecule is Cn1c(=O)n(C2CCC(=O)NC2=O)c2ccc([Si@@H]3CCN(CC(=O)Nc4ccc5c(F)c(N6CC(=O)NS6(=O)=O)c(O)cc5c4)C3)cc21. The number of halogens is 1. The molecule has 1 unspecified atom stereocenters. The molecule has 3 aliphatic heterocycles. The van der Waals surface area contributed by atoms with Crippen LogP contribution in [0.15, 0.2) is 47.3 Å². The third kappa shape index (κ3) is 5.40. The summed E-state index contributed by atoms with van der Waals surface area (Å²) in [7, 11) is -4.24. The molecule has 4 N–H and O–H groups in total. The van der Waals surface area contributed by atoms with Gasteiger partial charge in [-0.1, -0.05) is 11.3 Å². The number of piperidine rings is 1. The largest absolute Gasteiger partial charge is 0.506 e. The lowest BCUT2D eigenvalue weighted by Gasteiger charge is -2.22. The van der Waals surface area contributed by atoms with Crippen LogP contribution in [0.4, 0.5) is 15.8 Å². The number of aryl methyl sites for hydroxylation is 1. The number of aromatic hydroxyl groups is 1. The van der Waals surface area contributed by atoms with Crippen LogP contribution >= 0.6 is 0 Å². The monoisotopic (exact) mass is 695 g/mol. The molecule has 7 rings (SSSR count). The molecule has 4 aromatic rings. The standard InChI is InChI=1S/C30H30FN7O8SSi/c1-35-22-12-18(3-5-20(22)38(30(35)44)21-6-7-24(40)33-29(21)43)48-9-8-36(15-48)13-25(41)32-17-2-4-19-16(10-17)11-23(39)28(27(19)31)37-14-26(42)34-47(37,45)46/h2-5,10-12,21,39,48H,6-9,13-15H2,1H3,(H,32,41)(H,34,42)(H,33,40,43)/t21?,48-/m1/s1. The molecule has 0 bridgehead atoms. The number of carbonyl (C=O) groups is 4. The van der Waals surface area contributed by atoms with E-state index in [0.29, 0.717) is 27.6 Å². The zero-order valence-electron chi connectivity index (χ0n) is 25.5. The topological polar surface area (TPSA) is 192 Å². The Morgan fingerprint density at radius 1 is 1.08 bits per heavy atom. The molecule has 4 amide bonds. The molecule has 3 saturated heterocycles. The van der Waals surface area contributed by atoms with Crippen molar-refractivity contribution in [1.29, 1.82) is 0 Å². The fourth-order valence-electron chi connectivity index (χ4n) is 6.81. The number of imidazole rings is 1. The number of aromatic nitrogens is 2. The molecule has 3 aromatic carbocycles. The molecular formula is C30H30FN7O8SSi. The van der Waals surface area contributed by atoms with Gasteiger partial charge in [0.2, 0.25) is 17.7 Å². The first-order valence-electron chi connectivity index (χ1n) is 15.2. The number of benzene rings is 3. The first kappa shape index (κ1) is 31.5. The number of imide groups is 1. The predicted molar refractivity (Wildman–Crippen MR) is 175 cm³/mol. The molecule has 0 radical (unpaired) electrons. The Labute approximate surface area is 273 Å². The van der Waals surface area contributed by atoms with E-state index in [9.17, 15) is 37.5 Å². The van der Waals surface area contributed by atoms with Gasteiger partial charge in [0.25, 0.3) is 5.91 Å². The maximum absolute atomic E-state index is 15.4. The minimum atomic E-state index is -4.34. The van der Waals surface area contributed by atoms with Gasteiger partial charge in [-0.2, -0.15) is 8.42 Å². The highest BCUT2D eigenvalue weighted by atomic mass is 32.2. The van der Waals surface area contributed by atoms with Crippen LogP contribution in [-0.2, 0) is 36.4 Å². The van der Waals surface area contributed by atoms with Crippen LogP contribution in [-0.4, -0.2) is 85.8 Å². The van der Waals surface area contributed by atoms with Gasteiger partial charge >= 0.3 is 15.9 Å². The first-order chi connectivity index (χ1) is 22.8. The molecule has 4 heterocycles. The molecule has 48 heavy (non-hydrogen) atoms. The molecule has 250 valence electrons. The Morgan fingerprint density at radius 2 is 1.88 bits per heavy atom. The van der Waals surface area contributed by atoms with Crippen molar-refractivity contribution in [2.45, 2.75) is 24.9 Å². The van der Waals surface area contributed by atoms with Gasteiger partial charge in [-0.05, 0) is 67.0 Å². The minimum absolute atomic E-state index is 0.00865. The van der Waals surface area contributed by atoms with Gasteiger partial charge in [0.1, 0.15) is 24.0 Å². The predicted octanol–water partition coefficient (Wildman–Crippen LogP) is -0.576. The number of anilines is 2. The summed E-state index contributed by atoms with van der Waals surface area (Å²) in [5.41, 5.74) is 0.702. The van der Waals surface area contributed by atoms with E-state index < -0.39 is 60.7 Å². The molecular weight excluding hydrogens is 666 g/mol. The Kier molecular flexibility index (Phi) is 7.59. The van der Waals surface area contributed by atoms with Crippen LogP contribution in [0.1, 0.15) is 18.9 Å². The van der Waals surface area contributed by atoms with Crippen molar-refractivity contribution in [3.8, 4) is 5.75 Å². The number of hydrogen-bond donors (Lipinski definition) is 4. The van der Waals surface area contributed by atoms with Crippen LogP contribution in [0.25, 0.3) is 21.8 Å². The van der Waals surface area contributed by atoms with Crippen molar-refractivity contribution in [1.82, 2.24) is 24.1 Å². The maximum Gasteiger partial charge on any atom is 0.329 e. The summed E-state index contributed by atoms with van der Waals surface area (Å²) in [5, 5.41) is 16.9. The van der Waals surface area contributed by atoms with Crippen molar-refractivity contribution in [3.05, 3.63) is 58.8 Å². The summed E-state index contributed by atoms with van der Waals surface area (Å²) in [6.07, 6.45) is 1.14. The smallest absolute Gasteiger partial charge is 0.329 e. The van der Waals surface area contributed by atoms with Crippen molar-refractivity contribution >= 4 is 81.0 Å². The Morgan fingerprint density at radius 3 is 2.60 bits per heavy atom. The summed E-state index contributed by atoms with van der Waals surface area (Å²) in [6.45, 7) is 0.147. The van der Waals surface area contributed by atoms with Crippen LogP contribution in [0, 0.1) is 5.82 Å². The van der Waals surface area contributed by atoms with Gasteiger partial charge in [-0.25, -0.2) is 18.2 Å². The van der Waals surface area contributed by atoms with Gasteiger partial charge in [0, 0.05) is 24.5 Å². The molecule has 18 heteroatoms. The minimum Gasteiger partial charge on any atom is -0.506 e. The second-order valence-electron chi connectivity index (χ2n) is 12.2. The van der Waals surface area contributed by atoms with Crippen molar-refractivity contribution in [2.24, 2.45) is 7.05 Å². The van der Waals surface area contributed by atoms with Gasteiger partial charge in [0.05, 0.1) is 26.4 Å². The molecule has 0 spiro atoms. The molecule has 3 aliphatic rings. The highest BCUT2D eigenvalue weighted by Gasteiger charge is 2.38. The quantitative estimate of drug-likeness (QED) is 0.151. The summed E-state index contributed by atoms with van der Waals surface area (Å²) in [4.78, 5) is 63.9. The van der Waals surface area contributed by atoms with E-state index in [1.165, 1.54) is 33.4 Å². The van der Waals surface area contributed by atoms with Gasteiger partial charge in [-0.3, -0.25) is 38.5 Å². The number of phenols is 1. The molecule has 3 fully saturated rings. The van der Waals surface area contributed by atoms with Crippen LogP contribution in [0.2, 0.25) is 6.04 Å². The second kappa shape index (κ2) is 11.6. The molecule has 15 nitrogen and oxygen atoms in total. The van der Waals surface area contributed by atoms with E-state index in [1.54, 1.807) is 11.8 Å². The highest BCUT2D eigenvalue weighted by molar-refractivity contribution is 7.92. The average Bonchev–Trinajstić information content (AvgIpc) is 3.66. The van der Waals surface area contributed by atoms with E-state index in [2.05, 4.69) is 15.5 Å². The molecule has 0 aliphatic carbocycles. The number of carbonyl (C=O) groups excluding carboxylic acids is 4. The van der Waals surface area contributed by atoms with E-state index in [-0.39, 0.29) is 47.7 Å². The van der Waals surface area contributed by atoms with Gasteiger partial charge < -0.3 is 10.4 Å². The number of amides is 4. The number of nitrogens with one attached hydrogen (secondary N) is 3. The van der Waals surface area contributed by atoms with Crippen LogP contribution in [0.3, 0.4) is 0 Å². The molecule has 1 aromatic heterocycles. The number of nitrogens with zero attached hydrogens (tertiary/aromatic N) is 4. The fourth-order valence-corrected chi connectivity index (χ4v) is 11.1. The van der Waals surface area contributed by atoms with Crippen LogP contribution in [0.5, 0.6) is 5.75 Å². The van der Waals surface area contributed by atoms with Crippen molar-refractivity contribution in [3.63, 3.8) is 0 Å².